The Labute approximate surface area is 202 Å². The molecule has 0 amide bonds. The Balaban J connectivity index is 1.54. The highest BCUT2D eigenvalue weighted by Gasteiger charge is 2.32. The summed E-state index contributed by atoms with van der Waals surface area (Å²) in [5.74, 6) is 1.44. The van der Waals surface area contributed by atoms with Crippen molar-refractivity contribution in [3.05, 3.63) is 80.9 Å². The molecule has 5 rings (SSSR count). The number of hydrazone groups is 1. The van der Waals surface area contributed by atoms with Gasteiger partial charge in [0.1, 0.15) is 0 Å². The van der Waals surface area contributed by atoms with Gasteiger partial charge in [0, 0.05) is 17.4 Å². The number of nitrogens with zero attached hydrogens (tertiary/aromatic N) is 3. The third kappa shape index (κ3) is 4.14. The maximum Gasteiger partial charge on any atom is 0.207 e. The average Bonchev–Trinajstić information content (AvgIpc) is 3.60. The summed E-state index contributed by atoms with van der Waals surface area (Å²) < 4.78 is 11.0. The molecule has 0 saturated carbocycles. The van der Waals surface area contributed by atoms with E-state index in [4.69, 9.17) is 19.6 Å². The van der Waals surface area contributed by atoms with Crippen molar-refractivity contribution < 1.29 is 9.47 Å². The summed E-state index contributed by atoms with van der Waals surface area (Å²) in [5, 5.41) is 12.2. The highest BCUT2D eigenvalue weighted by Crippen LogP contribution is 2.42. The molecule has 2 aromatic heterocycles. The van der Waals surface area contributed by atoms with Gasteiger partial charge in [-0.3, -0.25) is 0 Å². The van der Waals surface area contributed by atoms with Gasteiger partial charge in [-0.1, -0.05) is 24.3 Å². The molecule has 0 saturated heterocycles. The van der Waals surface area contributed by atoms with Crippen molar-refractivity contribution in [1.82, 2.24) is 4.98 Å². The van der Waals surface area contributed by atoms with Gasteiger partial charge in [0.2, 0.25) is 5.13 Å². The van der Waals surface area contributed by atoms with Gasteiger partial charge in [0.15, 0.2) is 11.5 Å². The van der Waals surface area contributed by atoms with Crippen LogP contribution in [0.5, 0.6) is 11.5 Å². The predicted octanol–water partition coefficient (Wildman–Crippen LogP) is 6.86. The van der Waals surface area contributed by atoms with Crippen molar-refractivity contribution in [3.8, 4) is 22.8 Å². The molecule has 5 nitrogen and oxygen atoms in total. The van der Waals surface area contributed by atoms with Crippen molar-refractivity contribution in [2.75, 3.05) is 19.2 Å². The van der Waals surface area contributed by atoms with Crippen molar-refractivity contribution >= 4 is 33.5 Å². The first-order valence-electron chi connectivity index (χ1n) is 10.7. The molecule has 0 N–H and O–H groups in total. The molecule has 2 aromatic carbocycles. The summed E-state index contributed by atoms with van der Waals surface area (Å²) in [5.41, 5.74) is 6.85. The number of aryl methyl sites for hydroxylation is 2. The van der Waals surface area contributed by atoms with E-state index in [1.807, 2.05) is 12.1 Å². The van der Waals surface area contributed by atoms with Gasteiger partial charge in [-0.2, -0.15) is 5.10 Å². The summed E-state index contributed by atoms with van der Waals surface area (Å²) in [6.45, 7) is 4.27. The zero-order valence-electron chi connectivity index (χ0n) is 19.0. The molecule has 0 unspecified atom stereocenters. The number of ether oxygens (including phenoxy) is 2. The van der Waals surface area contributed by atoms with Gasteiger partial charge in [-0.15, -0.1) is 22.7 Å². The fourth-order valence-electron chi connectivity index (χ4n) is 4.00. The van der Waals surface area contributed by atoms with Gasteiger partial charge < -0.3 is 9.47 Å². The summed E-state index contributed by atoms with van der Waals surface area (Å²) in [4.78, 5) is 6.17. The molecule has 7 heteroatoms. The first-order valence-corrected chi connectivity index (χ1v) is 12.5. The van der Waals surface area contributed by atoms with Crippen LogP contribution < -0.4 is 14.5 Å². The van der Waals surface area contributed by atoms with Crippen molar-refractivity contribution in [3.63, 3.8) is 0 Å². The zero-order chi connectivity index (χ0) is 22.9. The smallest absolute Gasteiger partial charge is 0.207 e. The first-order chi connectivity index (χ1) is 16.1. The number of anilines is 1. The van der Waals surface area contributed by atoms with E-state index >= 15 is 0 Å². The number of thiazole rings is 1. The maximum atomic E-state index is 5.57. The molecule has 0 bridgehead atoms. The molecule has 0 aliphatic carbocycles. The molecule has 1 aliphatic rings. The minimum absolute atomic E-state index is 0.0284. The second-order valence-corrected chi connectivity index (χ2v) is 9.80. The lowest BCUT2D eigenvalue weighted by Crippen LogP contribution is -2.18. The Morgan fingerprint density at radius 3 is 2.52 bits per heavy atom. The number of hydrogen-bond acceptors (Lipinski definition) is 7. The van der Waals surface area contributed by atoms with Crippen LogP contribution in [0.1, 0.15) is 34.0 Å². The summed E-state index contributed by atoms with van der Waals surface area (Å²) >= 11 is 3.34. The molecule has 0 fully saturated rings. The Morgan fingerprint density at radius 2 is 1.79 bits per heavy atom. The third-order valence-corrected chi connectivity index (χ3v) is 7.75. The minimum Gasteiger partial charge on any atom is -0.493 e. The highest BCUT2D eigenvalue weighted by atomic mass is 32.1. The van der Waals surface area contributed by atoms with E-state index in [-0.39, 0.29) is 6.04 Å². The van der Waals surface area contributed by atoms with E-state index in [9.17, 15) is 0 Å². The van der Waals surface area contributed by atoms with Crippen molar-refractivity contribution in [2.45, 2.75) is 26.3 Å². The Kier molecular flexibility index (Phi) is 5.91. The average molecular weight is 476 g/mol. The summed E-state index contributed by atoms with van der Waals surface area (Å²) in [6, 6.07) is 16.8. The molecular weight excluding hydrogens is 450 g/mol. The summed E-state index contributed by atoms with van der Waals surface area (Å²) in [6.07, 6.45) is 0.800. The Morgan fingerprint density at radius 1 is 0.939 bits per heavy atom. The number of rotatable bonds is 6. The van der Waals surface area contributed by atoms with Gasteiger partial charge in [0.25, 0.3) is 0 Å². The lowest BCUT2D eigenvalue weighted by atomic mass is 10.0. The van der Waals surface area contributed by atoms with Crippen LogP contribution in [0, 0.1) is 13.8 Å². The van der Waals surface area contributed by atoms with Crippen LogP contribution in [0.2, 0.25) is 0 Å². The van der Waals surface area contributed by atoms with Crippen LogP contribution in [0.3, 0.4) is 0 Å². The molecule has 1 atom stereocenters. The molecule has 33 heavy (non-hydrogen) atoms. The minimum atomic E-state index is 0.0284. The highest BCUT2D eigenvalue weighted by molar-refractivity contribution is 7.14. The van der Waals surface area contributed by atoms with Gasteiger partial charge in [-0.05, 0) is 60.2 Å². The van der Waals surface area contributed by atoms with Crippen LogP contribution in [0.4, 0.5) is 5.13 Å². The van der Waals surface area contributed by atoms with E-state index in [0.29, 0.717) is 0 Å². The molecule has 0 spiro atoms. The second kappa shape index (κ2) is 9.00. The molecular formula is C26H25N3O2S2. The van der Waals surface area contributed by atoms with Gasteiger partial charge in [0.05, 0.1) is 36.5 Å². The van der Waals surface area contributed by atoms with E-state index < -0.39 is 0 Å². The van der Waals surface area contributed by atoms with Crippen molar-refractivity contribution in [1.29, 1.82) is 0 Å². The van der Waals surface area contributed by atoms with E-state index in [2.05, 4.69) is 66.0 Å². The molecule has 1 aliphatic heterocycles. The maximum absolute atomic E-state index is 5.57. The number of hydrogen-bond donors (Lipinski definition) is 0. The molecule has 0 radical (unpaired) electrons. The number of thiophene rings is 1. The number of aromatic nitrogens is 1. The number of methoxy groups -OCH3 is 2. The van der Waals surface area contributed by atoms with Gasteiger partial charge >= 0.3 is 0 Å². The fourth-order valence-corrected chi connectivity index (χ4v) is 5.55. The summed E-state index contributed by atoms with van der Waals surface area (Å²) in [7, 11) is 3.32. The van der Waals surface area contributed by atoms with Crippen LogP contribution in [-0.4, -0.2) is 24.9 Å². The quantitative estimate of drug-likeness (QED) is 0.306. The molecule has 168 valence electrons. The van der Waals surface area contributed by atoms with E-state index in [1.165, 1.54) is 16.0 Å². The zero-order valence-corrected chi connectivity index (χ0v) is 20.7. The van der Waals surface area contributed by atoms with Crippen LogP contribution in [0.25, 0.3) is 11.3 Å². The monoisotopic (exact) mass is 475 g/mol. The standard InChI is InChI=1S/C26H25N3O2S2/c1-16-7-8-18(12-17(16)2)21-15-33-26(27-21)29-22(14-20(28-29)25-6-5-11-32-25)19-9-10-23(30-3)24(13-19)31-4/h5-13,15,22H,14H2,1-4H3/t22-/m1/s1. The topological polar surface area (TPSA) is 47.0 Å². The second-order valence-electron chi connectivity index (χ2n) is 8.02. The van der Waals surface area contributed by atoms with Crippen LogP contribution in [-0.2, 0) is 0 Å². The molecule has 3 heterocycles. The van der Waals surface area contributed by atoms with Crippen LogP contribution in [0.15, 0.2) is 64.4 Å². The van der Waals surface area contributed by atoms with Crippen LogP contribution >= 0.6 is 22.7 Å². The fraction of sp³-hybridized carbons (Fsp3) is 0.231. The first kappa shape index (κ1) is 21.7. The Bertz CT molecular complexity index is 1310. The predicted molar refractivity (Wildman–Crippen MR) is 137 cm³/mol. The lowest BCUT2D eigenvalue weighted by Gasteiger charge is -2.22. The van der Waals surface area contributed by atoms with E-state index in [0.717, 1.165) is 45.6 Å². The SMILES string of the molecule is COc1ccc([C@H]2CC(c3cccs3)=NN2c2nc(-c3ccc(C)c(C)c3)cs2)cc1OC. The van der Waals surface area contributed by atoms with Crippen molar-refractivity contribution in [2.24, 2.45) is 5.10 Å². The third-order valence-electron chi connectivity index (χ3n) is 6.00. The molecule has 4 aromatic rings. The largest absolute Gasteiger partial charge is 0.493 e. The Hall–Kier alpha value is -3.16. The van der Waals surface area contributed by atoms with E-state index in [1.54, 1.807) is 36.9 Å². The lowest BCUT2D eigenvalue weighted by molar-refractivity contribution is 0.354. The normalized spacial score (nSPS) is 15.6. The van der Waals surface area contributed by atoms with Gasteiger partial charge in [-0.25, -0.2) is 9.99 Å². The number of benzene rings is 2.